The third kappa shape index (κ3) is 7.25. The highest BCUT2D eigenvalue weighted by Gasteiger charge is 1.86. The molecule has 3 nitrogen and oxygen atoms in total. The summed E-state index contributed by atoms with van der Waals surface area (Å²) in [6.45, 7) is 2.19. The molecule has 0 saturated heterocycles. The molecule has 0 spiro atoms. The monoisotopic (exact) mass is 170 g/mol. The Morgan fingerprint density at radius 1 is 1.33 bits per heavy atom. The highest BCUT2D eigenvalue weighted by atomic mass is 16.1. The van der Waals surface area contributed by atoms with E-state index in [1.807, 2.05) is 0 Å². The minimum Gasteiger partial charge on any atom is -0.277 e. The van der Waals surface area contributed by atoms with Crippen molar-refractivity contribution in [3.8, 4) is 0 Å². The van der Waals surface area contributed by atoms with Crippen molar-refractivity contribution in [3.05, 3.63) is 0 Å². The Hall–Kier alpha value is -0.860. The van der Waals surface area contributed by atoms with Crippen LogP contribution in [0.4, 0.5) is 0 Å². The molecule has 0 atom stereocenters. The van der Waals surface area contributed by atoms with Crippen LogP contribution in [0.2, 0.25) is 0 Å². The van der Waals surface area contributed by atoms with Crippen molar-refractivity contribution in [1.82, 2.24) is 5.01 Å². The van der Waals surface area contributed by atoms with Crippen molar-refractivity contribution in [2.24, 2.45) is 5.10 Å². The lowest BCUT2D eigenvalue weighted by Gasteiger charge is -1.99. The second-order valence-electron chi connectivity index (χ2n) is 2.83. The van der Waals surface area contributed by atoms with Crippen molar-refractivity contribution in [1.29, 1.82) is 0 Å². The van der Waals surface area contributed by atoms with Gasteiger partial charge in [-0.15, -0.1) is 0 Å². The van der Waals surface area contributed by atoms with Crippen molar-refractivity contribution in [3.63, 3.8) is 0 Å². The Balaban J connectivity index is 3.18. The molecule has 0 aromatic carbocycles. The Morgan fingerprint density at radius 3 is 2.67 bits per heavy atom. The van der Waals surface area contributed by atoms with Crippen LogP contribution in [0.25, 0.3) is 0 Å². The maximum absolute atomic E-state index is 10.1. The predicted octanol–water partition coefficient (Wildman–Crippen LogP) is 2.03. The van der Waals surface area contributed by atoms with Gasteiger partial charge in [-0.05, 0) is 12.8 Å². The van der Waals surface area contributed by atoms with Gasteiger partial charge < -0.3 is 0 Å². The van der Waals surface area contributed by atoms with Crippen molar-refractivity contribution >= 4 is 12.6 Å². The number of carbonyl (C=O) groups excluding carboxylic acids is 1. The number of amides is 1. The second kappa shape index (κ2) is 8.24. The lowest BCUT2D eigenvalue weighted by molar-refractivity contribution is -0.116. The number of hydrogen-bond donors (Lipinski definition) is 0. The van der Waals surface area contributed by atoms with E-state index in [0.717, 1.165) is 6.42 Å². The summed E-state index contributed by atoms with van der Waals surface area (Å²) in [4.78, 5) is 10.1. The van der Waals surface area contributed by atoms with Gasteiger partial charge in [0.25, 0.3) is 0 Å². The van der Waals surface area contributed by atoms with Crippen LogP contribution in [0.5, 0.6) is 0 Å². The zero-order valence-corrected chi connectivity index (χ0v) is 7.99. The summed E-state index contributed by atoms with van der Waals surface area (Å²) in [5, 5.41) is 5.16. The zero-order valence-electron chi connectivity index (χ0n) is 7.99. The van der Waals surface area contributed by atoms with Gasteiger partial charge in [-0.2, -0.15) is 5.10 Å². The molecule has 70 valence electrons. The van der Waals surface area contributed by atoms with E-state index in [4.69, 9.17) is 0 Å². The Bertz CT molecular complexity index is 134. The first kappa shape index (κ1) is 11.1. The predicted molar refractivity (Wildman–Crippen MR) is 51.1 cm³/mol. The van der Waals surface area contributed by atoms with Crippen LogP contribution in [-0.4, -0.2) is 24.7 Å². The van der Waals surface area contributed by atoms with E-state index in [1.165, 1.54) is 30.7 Å². The van der Waals surface area contributed by atoms with Gasteiger partial charge in [0.2, 0.25) is 6.41 Å². The largest absolute Gasteiger partial charge is 0.277 e. The average molecular weight is 170 g/mol. The van der Waals surface area contributed by atoms with E-state index in [0.29, 0.717) is 6.41 Å². The van der Waals surface area contributed by atoms with E-state index in [2.05, 4.69) is 12.0 Å². The number of hydrogen-bond acceptors (Lipinski definition) is 2. The fourth-order valence-corrected chi connectivity index (χ4v) is 0.876. The first-order valence-electron chi connectivity index (χ1n) is 4.51. The first-order valence-corrected chi connectivity index (χ1v) is 4.51. The van der Waals surface area contributed by atoms with Crippen LogP contribution < -0.4 is 0 Å². The number of carbonyl (C=O) groups is 1. The maximum Gasteiger partial charge on any atom is 0.229 e. The summed E-state index contributed by atoms with van der Waals surface area (Å²) in [7, 11) is 1.63. The van der Waals surface area contributed by atoms with E-state index in [9.17, 15) is 4.79 Å². The third-order valence-electron chi connectivity index (χ3n) is 1.60. The summed E-state index contributed by atoms with van der Waals surface area (Å²) >= 11 is 0. The Kier molecular flexibility index (Phi) is 7.65. The molecule has 1 amide bonds. The summed E-state index contributed by atoms with van der Waals surface area (Å²) in [5.74, 6) is 0. The highest BCUT2D eigenvalue weighted by Crippen LogP contribution is 2.00. The number of unbranched alkanes of at least 4 members (excludes halogenated alkanes) is 4. The van der Waals surface area contributed by atoms with Gasteiger partial charge in [0, 0.05) is 13.3 Å². The number of rotatable bonds is 7. The van der Waals surface area contributed by atoms with E-state index in [-0.39, 0.29) is 0 Å². The molecule has 0 aliphatic carbocycles. The molecule has 0 aromatic heterocycles. The lowest BCUT2D eigenvalue weighted by Crippen LogP contribution is -2.06. The normalized spacial score (nSPS) is 10.5. The molecule has 0 N–H and O–H groups in total. The zero-order chi connectivity index (χ0) is 9.23. The quantitative estimate of drug-likeness (QED) is 0.249. The number of nitrogens with zero attached hydrogens (tertiary/aromatic N) is 2. The average Bonchev–Trinajstić information content (AvgIpc) is 2.10. The SMILES string of the molecule is CCCCCCC=NN(C)C=O. The molecule has 0 fully saturated rings. The van der Waals surface area contributed by atoms with Crippen molar-refractivity contribution in [2.45, 2.75) is 39.0 Å². The number of hydrazone groups is 1. The minimum absolute atomic E-state index is 0.697. The lowest BCUT2D eigenvalue weighted by atomic mass is 10.2. The topological polar surface area (TPSA) is 32.7 Å². The van der Waals surface area contributed by atoms with Gasteiger partial charge in [0.15, 0.2) is 0 Å². The van der Waals surface area contributed by atoms with Gasteiger partial charge in [0.1, 0.15) is 0 Å². The molecule has 0 radical (unpaired) electrons. The molecule has 3 heteroatoms. The summed E-state index contributed by atoms with van der Waals surface area (Å²) in [6, 6.07) is 0. The molecule has 0 unspecified atom stereocenters. The molecule has 0 bridgehead atoms. The van der Waals surface area contributed by atoms with Crippen LogP contribution in [0, 0.1) is 0 Å². The van der Waals surface area contributed by atoms with E-state index >= 15 is 0 Å². The van der Waals surface area contributed by atoms with Crippen LogP contribution >= 0.6 is 0 Å². The standard InChI is InChI=1S/C9H18N2O/c1-3-4-5-6-7-8-10-11(2)9-12/h8-9H,3-7H2,1-2H3. The smallest absolute Gasteiger partial charge is 0.229 e. The molecular weight excluding hydrogens is 152 g/mol. The minimum atomic E-state index is 0.697. The maximum atomic E-state index is 10.1. The molecule has 12 heavy (non-hydrogen) atoms. The fourth-order valence-electron chi connectivity index (χ4n) is 0.876. The van der Waals surface area contributed by atoms with Crippen LogP contribution in [-0.2, 0) is 4.79 Å². The van der Waals surface area contributed by atoms with Crippen LogP contribution in [0.1, 0.15) is 39.0 Å². The summed E-state index contributed by atoms with van der Waals surface area (Å²) in [5.41, 5.74) is 0. The van der Waals surface area contributed by atoms with Crippen LogP contribution in [0.3, 0.4) is 0 Å². The first-order chi connectivity index (χ1) is 5.81. The molecule has 0 aromatic rings. The van der Waals surface area contributed by atoms with E-state index < -0.39 is 0 Å². The summed E-state index contributed by atoms with van der Waals surface area (Å²) in [6.07, 6.45) is 8.44. The van der Waals surface area contributed by atoms with Gasteiger partial charge in [-0.25, -0.2) is 5.01 Å². The Labute approximate surface area is 74.4 Å². The van der Waals surface area contributed by atoms with Gasteiger partial charge in [-0.3, -0.25) is 4.79 Å². The van der Waals surface area contributed by atoms with Gasteiger partial charge in [-0.1, -0.05) is 26.2 Å². The molecule has 0 aliphatic rings. The molecular formula is C9H18N2O. The summed E-state index contributed by atoms with van der Waals surface area (Å²) < 4.78 is 0. The highest BCUT2D eigenvalue weighted by molar-refractivity contribution is 5.59. The van der Waals surface area contributed by atoms with Gasteiger partial charge in [0.05, 0.1) is 0 Å². The van der Waals surface area contributed by atoms with Gasteiger partial charge >= 0.3 is 0 Å². The molecule has 0 heterocycles. The van der Waals surface area contributed by atoms with Crippen LogP contribution in [0.15, 0.2) is 5.10 Å². The third-order valence-corrected chi connectivity index (χ3v) is 1.60. The Morgan fingerprint density at radius 2 is 2.08 bits per heavy atom. The van der Waals surface area contributed by atoms with Crippen molar-refractivity contribution in [2.75, 3.05) is 7.05 Å². The van der Waals surface area contributed by atoms with E-state index in [1.54, 1.807) is 13.3 Å². The second-order valence-corrected chi connectivity index (χ2v) is 2.83. The molecule has 0 saturated carbocycles. The van der Waals surface area contributed by atoms with Crippen molar-refractivity contribution < 1.29 is 4.79 Å². The molecule has 0 aliphatic heterocycles. The molecule has 0 rings (SSSR count). The fraction of sp³-hybridized carbons (Fsp3) is 0.778.